The number of allylic oxidation sites excluding steroid dienone is 2. The van der Waals surface area contributed by atoms with Gasteiger partial charge in [-0.1, -0.05) is 48.5 Å². The van der Waals surface area contributed by atoms with E-state index in [0.717, 1.165) is 33.3 Å². The third-order valence-electron chi connectivity index (χ3n) is 5.88. The molecule has 0 unspecified atom stereocenters. The fourth-order valence-corrected chi connectivity index (χ4v) is 4.27. The predicted octanol–water partition coefficient (Wildman–Crippen LogP) is 6.14. The lowest BCUT2D eigenvalue weighted by atomic mass is 10.0. The van der Waals surface area contributed by atoms with Crippen LogP contribution in [-0.2, 0) is 0 Å². The molecule has 0 saturated carbocycles. The molecule has 4 nitrogen and oxygen atoms in total. The molecule has 0 aromatic heterocycles. The predicted molar refractivity (Wildman–Crippen MR) is 129 cm³/mol. The summed E-state index contributed by atoms with van der Waals surface area (Å²) in [5.41, 5.74) is 6.17. The van der Waals surface area contributed by atoms with E-state index in [0.29, 0.717) is 22.5 Å². The van der Waals surface area contributed by atoms with Gasteiger partial charge in [-0.05, 0) is 70.4 Å². The van der Waals surface area contributed by atoms with E-state index in [4.69, 9.17) is 0 Å². The number of rotatable bonds is 2. The monoisotopic (exact) mass is 414 g/mol. The SMILES string of the molecule is O=C1C(=Cc2ccc3cc(C=C4Nc5ccccc5C4=O)ccc3c2)Nc2ccccc21. The number of carbonyl (C=O) groups excluding carboxylic acids is 2. The molecule has 0 atom stereocenters. The molecule has 0 fully saturated rings. The topological polar surface area (TPSA) is 58.2 Å². The number of anilines is 2. The lowest BCUT2D eigenvalue weighted by Gasteiger charge is -2.04. The minimum atomic E-state index is 0.0115. The Labute approximate surface area is 184 Å². The molecule has 2 aliphatic rings. The van der Waals surface area contributed by atoms with E-state index in [1.54, 1.807) is 0 Å². The number of Topliss-reactive ketones (excluding diaryl/α,β-unsaturated/α-hetero) is 2. The zero-order valence-electron chi connectivity index (χ0n) is 17.1. The lowest BCUT2D eigenvalue weighted by Crippen LogP contribution is -2.00. The smallest absolute Gasteiger partial charge is 0.211 e. The molecule has 0 amide bonds. The third-order valence-corrected chi connectivity index (χ3v) is 5.88. The molecule has 0 saturated heterocycles. The summed E-state index contributed by atoms with van der Waals surface area (Å²) in [5, 5.41) is 8.55. The van der Waals surface area contributed by atoms with E-state index < -0.39 is 0 Å². The Hall–Kier alpha value is -4.44. The third kappa shape index (κ3) is 3.01. The van der Waals surface area contributed by atoms with Gasteiger partial charge in [-0.3, -0.25) is 9.59 Å². The van der Waals surface area contributed by atoms with Gasteiger partial charge in [0.15, 0.2) is 0 Å². The highest BCUT2D eigenvalue weighted by Gasteiger charge is 2.24. The average molecular weight is 414 g/mol. The fourth-order valence-electron chi connectivity index (χ4n) is 4.27. The molecule has 0 aliphatic carbocycles. The Morgan fingerprint density at radius 3 is 1.41 bits per heavy atom. The van der Waals surface area contributed by atoms with Crippen molar-refractivity contribution in [1.29, 1.82) is 0 Å². The van der Waals surface area contributed by atoms with E-state index in [9.17, 15) is 9.59 Å². The molecule has 32 heavy (non-hydrogen) atoms. The number of benzene rings is 4. The van der Waals surface area contributed by atoms with Crippen LogP contribution in [0.5, 0.6) is 0 Å². The number of nitrogens with one attached hydrogen (secondary N) is 2. The summed E-state index contributed by atoms with van der Waals surface area (Å²) in [6, 6.07) is 27.3. The second-order valence-electron chi connectivity index (χ2n) is 7.98. The maximum atomic E-state index is 12.6. The summed E-state index contributed by atoms with van der Waals surface area (Å²) in [6.07, 6.45) is 3.77. The van der Waals surface area contributed by atoms with Gasteiger partial charge in [0.25, 0.3) is 0 Å². The highest BCUT2D eigenvalue weighted by molar-refractivity contribution is 6.21. The molecule has 4 heteroatoms. The Bertz CT molecular complexity index is 1400. The standard InChI is InChI=1S/C28H18N2O2/c31-27-21-5-1-3-7-23(21)29-25(27)15-17-9-11-20-14-18(10-12-19(20)13-17)16-26-28(32)22-6-2-4-8-24(22)30-26/h1-16,29-30H. The summed E-state index contributed by atoms with van der Waals surface area (Å²) in [4.78, 5) is 25.2. The Balaban J connectivity index is 1.29. The van der Waals surface area contributed by atoms with Crippen molar-refractivity contribution in [3.05, 3.63) is 119 Å². The molecule has 4 aromatic carbocycles. The van der Waals surface area contributed by atoms with Gasteiger partial charge < -0.3 is 10.6 Å². The van der Waals surface area contributed by atoms with E-state index in [-0.39, 0.29) is 11.6 Å². The van der Waals surface area contributed by atoms with Gasteiger partial charge in [-0.15, -0.1) is 0 Å². The molecule has 2 aliphatic heterocycles. The van der Waals surface area contributed by atoms with Crippen LogP contribution < -0.4 is 10.6 Å². The van der Waals surface area contributed by atoms with E-state index in [1.807, 2.05) is 84.9 Å². The van der Waals surface area contributed by atoms with Gasteiger partial charge in [0, 0.05) is 22.5 Å². The molecular formula is C28H18N2O2. The number of hydrogen-bond acceptors (Lipinski definition) is 4. The van der Waals surface area contributed by atoms with Crippen molar-refractivity contribution in [2.75, 3.05) is 10.6 Å². The van der Waals surface area contributed by atoms with Crippen molar-refractivity contribution < 1.29 is 9.59 Å². The minimum absolute atomic E-state index is 0.0115. The number of carbonyl (C=O) groups is 2. The van der Waals surface area contributed by atoms with Crippen LogP contribution in [-0.4, -0.2) is 11.6 Å². The molecule has 0 bridgehead atoms. The first-order valence-corrected chi connectivity index (χ1v) is 10.4. The quantitative estimate of drug-likeness (QED) is 0.387. The van der Waals surface area contributed by atoms with Crippen LogP contribution in [0.15, 0.2) is 96.3 Å². The highest BCUT2D eigenvalue weighted by atomic mass is 16.1. The number of ketones is 2. The largest absolute Gasteiger partial charge is 0.352 e. The summed E-state index contributed by atoms with van der Waals surface area (Å²) in [7, 11) is 0. The molecule has 0 radical (unpaired) electrons. The van der Waals surface area contributed by atoms with Crippen LogP contribution in [0.2, 0.25) is 0 Å². The first kappa shape index (κ1) is 18.3. The van der Waals surface area contributed by atoms with Crippen LogP contribution >= 0.6 is 0 Å². The van der Waals surface area contributed by atoms with Crippen LogP contribution in [0, 0.1) is 0 Å². The normalized spacial score (nSPS) is 16.9. The summed E-state index contributed by atoms with van der Waals surface area (Å²) < 4.78 is 0. The molecule has 4 aromatic rings. The first-order chi connectivity index (χ1) is 15.7. The van der Waals surface area contributed by atoms with Gasteiger partial charge in [0.1, 0.15) is 0 Å². The fraction of sp³-hybridized carbons (Fsp3) is 0. The van der Waals surface area contributed by atoms with Gasteiger partial charge in [-0.25, -0.2) is 0 Å². The van der Waals surface area contributed by atoms with Crippen LogP contribution in [0.3, 0.4) is 0 Å². The van der Waals surface area contributed by atoms with Gasteiger partial charge in [0.05, 0.1) is 11.4 Å². The molecule has 0 spiro atoms. The van der Waals surface area contributed by atoms with Gasteiger partial charge in [0.2, 0.25) is 11.6 Å². The van der Waals surface area contributed by atoms with E-state index >= 15 is 0 Å². The van der Waals surface area contributed by atoms with Crippen molar-refractivity contribution in [1.82, 2.24) is 0 Å². The number of para-hydroxylation sites is 2. The Morgan fingerprint density at radius 1 is 0.531 bits per heavy atom. The molecular weight excluding hydrogens is 396 g/mol. The van der Waals surface area contributed by atoms with Crippen LogP contribution in [0.4, 0.5) is 11.4 Å². The Morgan fingerprint density at radius 2 is 0.969 bits per heavy atom. The first-order valence-electron chi connectivity index (χ1n) is 10.4. The molecule has 2 heterocycles. The van der Waals surface area contributed by atoms with Crippen LogP contribution in [0.25, 0.3) is 22.9 Å². The molecule has 2 N–H and O–H groups in total. The average Bonchev–Trinajstić information content (AvgIpc) is 3.30. The summed E-state index contributed by atoms with van der Waals surface area (Å²) in [6.45, 7) is 0. The second kappa shape index (κ2) is 7.06. The second-order valence-corrected chi connectivity index (χ2v) is 7.98. The van der Waals surface area contributed by atoms with Crippen molar-refractivity contribution in [3.63, 3.8) is 0 Å². The Kier molecular flexibility index (Phi) is 4.05. The van der Waals surface area contributed by atoms with Crippen molar-refractivity contribution >= 4 is 45.9 Å². The summed E-state index contributed by atoms with van der Waals surface area (Å²) >= 11 is 0. The maximum Gasteiger partial charge on any atom is 0.211 e. The number of fused-ring (bicyclic) bond motifs is 3. The van der Waals surface area contributed by atoms with Gasteiger partial charge in [-0.2, -0.15) is 0 Å². The minimum Gasteiger partial charge on any atom is -0.352 e. The van der Waals surface area contributed by atoms with Crippen molar-refractivity contribution in [2.45, 2.75) is 0 Å². The summed E-state index contributed by atoms with van der Waals surface area (Å²) in [5.74, 6) is 0.0230. The van der Waals surface area contributed by atoms with Crippen molar-refractivity contribution in [3.8, 4) is 0 Å². The molecule has 152 valence electrons. The maximum absolute atomic E-state index is 12.6. The highest BCUT2D eigenvalue weighted by Crippen LogP contribution is 2.31. The molecule has 6 rings (SSSR count). The van der Waals surface area contributed by atoms with E-state index in [2.05, 4.69) is 22.8 Å². The van der Waals surface area contributed by atoms with E-state index in [1.165, 1.54) is 0 Å². The zero-order chi connectivity index (χ0) is 21.7. The number of hydrogen-bond donors (Lipinski definition) is 2. The van der Waals surface area contributed by atoms with Crippen LogP contribution in [0.1, 0.15) is 31.8 Å². The zero-order valence-corrected chi connectivity index (χ0v) is 17.1. The van der Waals surface area contributed by atoms with Crippen molar-refractivity contribution in [2.24, 2.45) is 0 Å². The van der Waals surface area contributed by atoms with Gasteiger partial charge >= 0.3 is 0 Å². The lowest BCUT2D eigenvalue weighted by molar-refractivity contribution is 0.103.